The largest absolute Gasteiger partial charge is 0.381 e. The zero-order chi connectivity index (χ0) is 13.0. The molecule has 1 aliphatic rings. The van der Waals surface area contributed by atoms with Gasteiger partial charge in [0, 0.05) is 37.9 Å². The van der Waals surface area contributed by atoms with Crippen LogP contribution in [0, 0.1) is 5.92 Å². The van der Waals surface area contributed by atoms with Crippen LogP contribution in [0.4, 0.5) is 0 Å². The Hall–Kier alpha value is -0.870. The predicted molar refractivity (Wildman–Crippen MR) is 72.7 cm³/mol. The van der Waals surface area contributed by atoms with Crippen molar-refractivity contribution >= 4 is 0 Å². The molecular formula is C14H25N3O. The molecule has 1 atom stereocenters. The fraction of sp³-hybridized carbons (Fsp3) is 0.786. The molecule has 2 rings (SSSR count). The number of aromatic nitrogens is 2. The van der Waals surface area contributed by atoms with Crippen LogP contribution < -0.4 is 5.32 Å². The molecule has 1 N–H and O–H groups in total. The molecule has 0 amide bonds. The summed E-state index contributed by atoms with van der Waals surface area (Å²) < 4.78 is 7.47. The highest BCUT2D eigenvalue weighted by Crippen LogP contribution is 2.21. The summed E-state index contributed by atoms with van der Waals surface area (Å²) in [6.07, 6.45) is 5.42. The normalized spacial score (nSPS) is 19.3. The van der Waals surface area contributed by atoms with E-state index in [9.17, 15) is 0 Å². The first-order valence-electron chi connectivity index (χ1n) is 6.99. The molecule has 1 aromatic rings. The van der Waals surface area contributed by atoms with Crippen molar-refractivity contribution in [2.24, 2.45) is 5.92 Å². The van der Waals surface area contributed by atoms with E-state index >= 15 is 0 Å². The minimum atomic E-state index is 0.440. The summed E-state index contributed by atoms with van der Waals surface area (Å²) in [5.41, 5.74) is 1.19. The highest BCUT2D eigenvalue weighted by molar-refractivity contribution is 5.03. The van der Waals surface area contributed by atoms with E-state index in [1.165, 1.54) is 5.69 Å². The zero-order valence-corrected chi connectivity index (χ0v) is 11.7. The van der Waals surface area contributed by atoms with Gasteiger partial charge in [-0.1, -0.05) is 0 Å². The molecule has 4 nitrogen and oxygen atoms in total. The van der Waals surface area contributed by atoms with Gasteiger partial charge in [-0.2, -0.15) is 5.10 Å². The van der Waals surface area contributed by atoms with Gasteiger partial charge in [-0.3, -0.25) is 4.68 Å². The quantitative estimate of drug-likeness (QED) is 0.870. The van der Waals surface area contributed by atoms with Crippen molar-refractivity contribution in [1.29, 1.82) is 0 Å². The number of hydrogen-bond acceptors (Lipinski definition) is 3. The first-order chi connectivity index (χ1) is 8.70. The van der Waals surface area contributed by atoms with Crippen LogP contribution in [0.25, 0.3) is 0 Å². The Morgan fingerprint density at radius 3 is 2.72 bits per heavy atom. The first-order valence-corrected chi connectivity index (χ1v) is 6.99. The molecule has 102 valence electrons. The number of nitrogens with one attached hydrogen (secondary N) is 1. The van der Waals surface area contributed by atoms with Gasteiger partial charge in [0.15, 0.2) is 0 Å². The lowest BCUT2D eigenvalue weighted by atomic mass is 9.89. The molecule has 1 unspecified atom stereocenters. The number of hydrogen-bond donors (Lipinski definition) is 1. The van der Waals surface area contributed by atoms with Gasteiger partial charge in [-0.15, -0.1) is 0 Å². The summed E-state index contributed by atoms with van der Waals surface area (Å²) in [7, 11) is 2.06. The van der Waals surface area contributed by atoms with Crippen molar-refractivity contribution in [3.63, 3.8) is 0 Å². The van der Waals surface area contributed by atoms with Crippen molar-refractivity contribution in [3.8, 4) is 0 Å². The van der Waals surface area contributed by atoms with Crippen LogP contribution in [0.5, 0.6) is 0 Å². The Kier molecular flexibility index (Phi) is 4.78. The Balaban J connectivity index is 1.95. The third-order valence-electron chi connectivity index (χ3n) is 3.83. The molecule has 18 heavy (non-hydrogen) atoms. The van der Waals surface area contributed by atoms with Crippen LogP contribution in [-0.2, 0) is 11.2 Å². The van der Waals surface area contributed by atoms with Crippen LogP contribution in [0.15, 0.2) is 12.3 Å². The minimum absolute atomic E-state index is 0.440. The van der Waals surface area contributed by atoms with Gasteiger partial charge in [-0.05, 0) is 45.7 Å². The monoisotopic (exact) mass is 251 g/mol. The Morgan fingerprint density at radius 2 is 2.17 bits per heavy atom. The first kappa shape index (κ1) is 13.6. The zero-order valence-electron chi connectivity index (χ0n) is 11.7. The SMILES string of the molecule is CNC(Cc1ccn(C(C)C)n1)C1CCOCC1. The predicted octanol–water partition coefficient (Wildman–Crippen LogP) is 2.02. The second-order valence-corrected chi connectivity index (χ2v) is 5.43. The molecule has 0 spiro atoms. The van der Waals surface area contributed by atoms with Crippen molar-refractivity contribution in [3.05, 3.63) is 18.0 Å². The van der Waals surface area contributed by atoms with E-state index in [0.29, 0.717) is 18.0 Å². The van der Waals surface area contributed by atoms with Gasteiger partial charge in [0.1, 0.15) is 0 Å². The van der Waals surface area contributed by atoms with E-state index in [-0.39, 0.29) is 0 Å². The average Bonchev–Trinajstić information content (AvgIpc) is 2.86. The van der Waals surface area contributed by atoms with Crippen LogP contribution >= 0.6 is 0 Å². The van der Waals surface area contributed by atoms with E-state index in [1.807, 2.05) is 4.68 Å². The lowest BCUT2D eigenvalue weighted by molar-refractivity contribution is 0.0546. The number of likely N-dealkylation sites (N-methyl/N-ethyl adjacent to an activating group) is 1. The van der Waals surface area contributed by atoms with Gasteiger partial charge < -0.3 is 10.1 Å². The van der Waals surface area contributed by atoms with E-state index in [4.69, 9.17) is 4.74 Å². The second-order valence-electron chi connectivity index (χ2n) is 5.43. The molecular weight excluding hydrogens is 226 g/mol. The summed E-state index contributed by atoms with van der Waals surface area (Å²) >= 11 is 0. The van der Waals surface area contributed by atoms with Gasteiger partial charge >= 0.3 is 0 Å². The smallest absolute Gasteiger partial charge is 0.0640 e. The fourth-order valence-corrected chi connectivity index (χ4v) is 2.62. The summed E-state index contributed by atoms with van der Waals surface area (Å²) in [4.78, 5) is 0. The summed E-state index contributed by atoms with van der Waals surface area (Å²) in [6.45, 7) is 6.13. The van der Waals surface area contributed by atoms with Crippen molar-refractivity contribution in [2.75, 3.05) is 20.3 Å². The van der Waals surface area contributed by atoms with Gasteiger partial charge in [0.2, 0.25) is 0 Å². The summed E-state index contributed by atoms with van der Waals surface area (Å²) in [5, 5.41) is 8.09. The molecule has 1 fully saturated rings. The third kappa shape index (κ3) is 3.33. The van der Waals surface area contributed by atoms with Crippen LogP contribution in [0.3, 0.4) is 0 Å². The van der Waals surface area contributed by atoms with E-state index in [1.54, 1.807) is 0 Å². The lowest BCUT2D eigenvalue weighted by Crippen LogP contribution is -2.38. The second kappa shape index (κ2) is 6.34. The molecule has 4 heteroatoms. The van der Waals surface area contributed by atoms with E-state index in [2.05, 4.69) is 43.6 Å². The molecule has 0 radical (unpaired) electrons. The molecule has 0 aliphatic carbocycles. The van der Waals surface area contributed by atoms with Gasteiger partial charge in [-0.25, -0.2) is 0 Å². The van der Waals surface area contributed by atoms with Crippen molar-refractivity contribution < 1.29 is 4.74 Å². The molecule has 0 aromatic carbocycles. The van der Waals surface area contributed by atoms with Crippen LogP contribution in [-0.4, -0.2) is 36.1 Å². The highest BCUT2D eigenvalue weighted by atomic mass is 16.5. The van der Waals surface area contributed by atoms with Gasteiger partial charge in [0.05, 0.1) is 5.69 Å². The van der Waals surface area contributed by atoms with E-state index < -0.39 is 0 Å². The highest BCUT2D eigenvalue weighted by Gasteiger charge is 2.23. The summed E-state index contributed by atoms with van der Waals surface area (Å²) in [5.74, 6) is 0.716. The molecule has 1 aliphatic heterocycles. The van der Waals surface area contributed by atoms with Gasteiger partial charge in [0.25, 0.3) is 0 Å². The Bertz CT molecular complexity index is 356. The third-order valence-corrected chi connectivity index (χ3v) is 3.83. The summed E-state index contributed by atoms with van der Waals surface area (Å²) in [6, 6.07) is 3.10. The maximum atomic E-state index is 5.43. The Morgan fingerprint density at radius 1 is 1.44 bits per heavy atom. The molecule has 2 heterocycles. The lowest BCUT2D eigenvalue weighted by Gasteiger charge is -2.29. The molecule has 1 aromatic heterocycles. The minimum Gasteiger partial charge on any atom is -0.381 e. The van der Waals surface area contributed by atoms with Crippen LogP contribution in [0.2, 0.25) is 0 Å². The van der Waals surface area contributed by atoms with Crippen molar-refractivity contribution in [2.45, 2.75) is 45.2 Å². The van der Waals surface area contributed by atoms with Crippen molar-refractivity contribution in [1.82, 2.24) is 15.1 Å². The standard InChI is InChI=1S/C14H25N3O/c1-11(2)17-7-4-13(16-17)10-14(15-3)12-5-8-18-9-6-12/h4,7,11-12,14-15H,5-6,8-10H2,1-3H3. The van der Waals surface area contributed by atoms with E-state index in [0.717, 1.165) is 32.5 Å². The Labute approximate surface area is 110 Å². The molecule has 1 saturated heterocycles. The maximum absolute atomic E-state index is 5.43. The fourth-order valence-electron chi connectivity index (χ4n) is 2.62. The number of nitrogens with zero attached hydrogens (tertiary/aromatic N) is 2. The maximum Gasteiger partial charge on any atom is 0.0640 e. The topological polar surface area (TPSA) is 39.1 Å². The molecule has 0 bridgehead atoms. The molecule has 0 saturated carbocycles. The average molecular weight is 251 g/mol. The number of ether oxygens (including phenoxy) is 1. The van der Waals surface area contributed by atoms with Crippen LogP contribution in [0.1, 0.15) is 38.4 Å². The number of rotatable bonds is 5.